The highest BCUT2D eigenvalue weighted by Gasteiger charge is 2.18. The minimum atomic E-state index is -0.855. The number of aryl methyl sites for hydroxylation is 2. The topological polar surface area (TPSA) is 89.4 Å². The second-order valence-electron chi connectivity index (χ2n) is 6.87. The van der Waals surface area contributed by atoms with Crippen molar-refractivity contribution in [2.45, 2.75) is 20.3 Å². The van der Waals surface area contributed by atoms with Gasteiger partial charge in [-0.2, -0.15) is 0 Å². The van der Waals surface area contributed by atoms with Crippen molar-refractivity contribution in [2.24, 2.45) is 0 Å². The Morgan fingerprint density at radius 2 is 1.93 bits per heavy atom. The van der Waals surface area contributed by atoms with Gasteiger partial charge in [-0.25, -0.2) is 4.79 Å². The Balaban J connectivity index is 1.54. The lowest BCUT2D eigenvalue weighted by molar-refractivity contribution is 0.0445. The molecule has 0 saturated carbocycles. The van der Waals surface area contributed by atoms with E-state index in [1.54, 1.807) is 24.4 Å². The van der Waals surface area contributed by atoms with Crippen LogP contribution < -0.4 is 5.43 Å². The number of hydrogen-bond donors (Lipinski definition) is 1. The van der Waals surface area contributed by atoms with Gasteiger partial charge in [0.1, 0.15) is 5.58 Å². The summed E-state index contributed by atoms with van der Waals surface area (Å²) in [6.45, 7) is 3.45. The van der Waals surface area contributed by atoms with E-state index in [0.29, 0.717) is 16.5 Å². The largest absolute Gasteiger partial charge is 0.451 e. The quantitative estimate of drug-likeness (QED) is 0.408. The fourth-order valence-corrected chi connectivity index (χ4v) is 3.39. The molecule has 0 aliphatic rings. The Morgan fingerprint density at radius 3 is 2.72 bits per heavy atom. The molecule has 4 rings (SSSR count). The molecule has 2 heterocycles. The molecule has 2 aromatic heterocycles. The molecule has 0 amide bonds. The summed E-state index contributed by atoms with van der Waals surface area (Å²) in [6.07, 6.45) is 2.46. The highest BCUT2D eigenvalue weighted by atomic mass is 16.5. The molecule has 146 valence electrons. The van der Waals surface area contributed by atoms with Crippen LogP contribution in [0.15, 0.2) is 57.9 Å². The Kier molecular flexibility index (Phi) is 4.76. The van der Waals surface area contributed by atoms with Crippen molar-refractivity contribution >= 4 is 33.6 Å². The first-order valence-electron chi connectivity index (χ1n) is 9.31. The molecule has 1 N–H and O–H groups in total. The molecule has 6 nitrogen and oxygen atoms in total. The van der Waals surface area contributed by atoms with Crippen molar-refractivity contribution in [2.75, 3.05) is 6.61 Å². The number of carbonyl (C=O) groups excluding carboxylic acids is 2. The predicted molar refractivity (Wildman–Crippen MR) is 110 cm³/mol. The molecule has 0 radical (unpaired) electrons. The third-order valence-electron chi connectivity index (χ3n) is 4.90. The van der Waals surface area contributed by atoms with Crippen LogP contribution in [0, 0.1) is 6.92 Å². The van der Waals surface area contributed by atoms with Gasteiger partial charge in [-0.3, -0.25) is 9.59 Å². The number of benzene rings is 2. The van der Waals surface area contributed by atoms with E-state index in [1.807, 2.05) is 32.0 Å². The van der Waals surface area contributed by atoms with Crippen molar-refractivity contribution in [3.8, 4) is 0 Å². The van der Waals surface area contributed by atoms with Gasteiger partial charge < -0.3 is 14.1 Å². The van der Waals surface area contributed by atoms with Gasteiger partial charge in [0.25, 0.3) is 0 Å². The Labute approximate surface area is 166 Å². The van der Waals surface area contributed by atoms with Gasteiger partial charge in [-0.1, -0.05) is 36.8 Å². The third-order valence-corrected chi connectivity index (χ3v) is 4.90. The van der Waals surface area contributed by atoms with Crippen molar-refractivity contribution in [3.63, 3.8) is 0 Å². The van der Waals surface area contributed by atoms with Crippen molar-refractivity contribution in [1.29, 1.82) is 0 Å². The predicted octanol–water partition coefficient (Wildman–Crippen LogP) is 4.18. The van der Waals surface area contributed by atoms with E-state index in [1.165, 1.54) is 0 Å². The van der Waals surface area contributed by atoms with E-state index < -0.39 is 12.6 Å². The average Bonchev–Trinajstić information content (AvgIpc) is 3.16. The zero-order valence-corrected chi connectivity index (χ0v) is 16.1. The van der Waals surface area contributed by atoms with E-state index >= 15 is 0 Å². The van der Waals surface area contributed by atoms with Gasteiger partial charge >= 0.3 is 5.97 Å². The molecule has 0 spiro atoms. The fraction of sp³-hybridized carbons (Fsp3) is 0.174. The maximum Gasteiger partial charge on any atom is 0.374 e. The number of aromatic nitrogens is 1. The van der Waals surface area contributed by atoms with Crippen molar-refractivity contribution in [1.82, 2.24) is 4.98 Å². The molecule has 0 fully saturated rings. The average molecular weight is 389 g/mol. The number of hydrogen-bond acceptors (Lipinski definition) is 5. The number of rotatable bonds is 5. The zero-order chi connectivity index (χ0) is 20.5. The van der Waals surface area contributed by atoms with Crippen LogP contribution in [0.1, 0.15) is 39.0 Å². The van der Waals surface area contributed by atoms with Gasteiger partial charge in [0.2, 0.25) is 11.5 Å². The van der Waals surface area contributed by atoms with Crippen LogP contribution in [0.5, 0.6) is 0 Å². The molecular formula is C23H19NO5. The molecule has 29 heavy (non-hydrogen) atoms. The third kappa shape index (κ3) is 3.45. The van der Waals surface area contributed by atoms with Crippen molar-refractivity contribution < 1.29 is 18.7 Å². The van der Waals surface area contributed by atoms with E-state index in [9.17, 15) is 14.4 Å². The lowest BCUT2D eigenvalue weighted by Gasteiger charge is -2.05. The lowest BCUT2D eigenvalue weighted by atomic mass is 10.1. The summed E-state index contributed by atoms with van der Waals surface area (Å²) in [5.74, 6) is -1.42. The zero-order valence-electron chi connectivity index (χ0n) is 16.1. The molecule has 0 aliphatic heterocycles. The molecular weight excluding hydrogens is 370 g/mol. The first-order valence-corrected chi connectivity index (χ1v) is 9.31. The van der Waals surface area contributed by atoms with Crippen LogP contribution >= 0.6 is 0 Å². The summed E-state index contributed by atoms with van der Waals surface area (Å²) in [5, 5.41) is 1.18. The highest BCUT2D eigenvalue weighted by molar-refractivity contribution is 6.09. The molecule has 4 aromatic rings. The maximum absolute atomic E-state index is 12.6. The van der Waals surface area contributed by atoms with Gasteiger partial charge in [0.15, 0.2) is 12.0 Å². The van der Waals surface area contributed by atoms with Gasteiger partial charge in [-0.15, -0.1) is 0 Å². The second-order valence-corrected chi connectivity index (χ2v) is 6.87. The van der Waals surface area contributed by atoms with E-state index in [0.717, 1.165) is 34.5 Å². The van der Waals surface area contributed by atoms with Crippen LogP contribution in [0.25, 0.3) is 21.9 Å². The minimum absolute atomic E-state index is 0.230. The Hall–Kier alpha value is -3.67. The lowest BCUT2D eigenvalue weighted by Crippen LogP contribution is -2.15. The Bertz CT molecular complexity index is 1310. The summed E-state index contributed by atoms with van der Waals surface area (Å²) in [7, 11) is 0. The fourth-order valence-electron chi connectivity index (χ4n) is 3.39. The molecule has 0 aliphatic carbocycles. The van der Waals surface area contributed by atoms with Crippen LogP contribution in [-0.2, 0) is 11.2 Å². The maximum atomic E-state index is 12.6. The number of nitrogens with one attached hydrogen (secondary N) is 1. The number of para-hydroxylation sites is 1. The number of Topliss-reactive ketones (excluding diaryl/α,β-unsaturated/α-hetero) is 1. The van der Waals surface area contributed by atoms with Crippen LogP contribution in [-0.4, -0.2) is 23.3 Å². The molecule has 2 aromatic carbocycles. The number of aromatic amines is 1. The minimum Gasteiger partial charge on any atom is -0.451 e. The van der Waals surface area contributed by atoms with Crippen LogP contribution in [0.3, 0.4) is 0 Å². The first kappa shape index (κ1) is 18.7. The normalized spacial score (nSPS) is 11.1. The first-order chi connectivity index (χ1) is 14.0. The standard InChI is InChI=1S/C23H19NO5/c1-3-14-5-4-6-15-17(11-24-22(14)15)19(26)12-28-23(27)21-10-18(25)16-9-13(2)7-8-20(16)29-21/h4-11,24H,3,12H2,1-2H3. The van der Waals surface area contributed by atoms with Crippen molar-refractivity contribution in [3.05, 3.63) is 81.3 Å². The molecule has 6 heteroatoms. The summed E-state index contributed by atoms with van der Waals surface area (Å²) < 4.78 is 10.6. The second kappa shape index (κ2) is 7.39. The number of carbonyl (C=O) groups is 2. The van der Waals surface area contributed by atoms with Crippen LogP contribution in [0.2, 0.25) is 0 Å². The monoisotopic (exact) mass is 389 g/mol. The number of ketones is 1. The number of ether oxygens (including phenoxy) is 1. The van der Waals surface area contributed by atoms with Gasteiger partial charge in [0.05, 0.1) is 5.39 Å². The smallest absolute Gasteiger partial charge is 0.374 e. The summed E-state index contributed by atoms with van der Waals surface area (Å²) in [5.41, 5.74) is 3.34. The summed E-state index contributed by atoms with van der Waals surface area (Å²) in [4.78, 5) is 40.3. The Morgan fingerprint density at radius 1 is 1.10 bits per heavy atom. The number of fused-ring (bicyclic) bond motifs is 2. The van der Waals surface area contributed by atoms with E-state index in [4.69, 9.17) is 9.15 Å². The highest BCUT2D eigenvalue weighted by Crippen LogP contribution is 2.23. The van der Waals surface area contributed by atoms with E-state index in [2.05, 4.69) is 4.98 Å². The van der Waals surface area contributed by atoms with Gasteiger partial charge in [0, 0.05) is 28.7 Å². The molecule has 0 unspecified atom stereocenters. The number of H-pyrrole nitrogens is 1. The van der Waals surface area contributed by atoms with E-state index in [-0.39, 0.29) is 17.0 Å². The molecule has 0 saturated heterocycles. The SMILES string of the molecule is CCc1cccc2c(C(=O)COC(=O)c3cc(=O)c4cc(C)ccc4o3)c[nH]c12. The van der Waals surface area contributed by atoms with Gasteiger partial charge in [-0.05, 0) is 31.0 Å². The summed E-state index contributed by atoms with van der Waals surface area (Å²) in [6, 6.07) is 11.9. The molecule has 0 bridgehead atoms. The summed E-state index contributed by atoms with van der Waals surface area (Å²) >= 11 is 0. The number of esters is 1. The molecule has 0 atom stereocenters. The van der Waals surface area contributed by atoms with Crippen LogP contribution in [0.4, 0.5) is 0 Å².